The van der Waals surface area contributed by atoms with E-state index in [-0.39, 0.29) is 10.7 Å². The lowest BCUT2D eigenvalue weighted by atomic mass is 10.3. The molecule has 2 rings (SSSR count). The van der Waals surface area contributed by atoms with Crippen LogP contribution in [0, 0.1) is 0 Å². The molecule has 0 saturated heterocycles. The summed E-state index contributed by atoms with van der Waals surface area (Å²) in [4.78, 5) is 15.1. The quantitative estimate of drug-likeness (QED) is 0.665. The number of esters is 1. The maximum atomic E-state index is 11.2. The standard InChI is InChI=1S/C8H6ClN3O2/c1-14-8(13)6-2-5-3-10-4-12(5)11-7(6)9/h2-4H,1H3. The zero-order chi connectivity index (χ0) is 10.1. The summed E-state index contributed by atoms with van der Waals surface area (Å²) in [7, 11) is 1.29. The maximum Gasteiger partial charge on any atom is 0.341 e. The molecule has 0 bridgehead atoms. The van der Waals surface area contributed by atoms with Gasteiger partial charge in [0.15, 0.2) is 5.15 Å². The Morgan fingerprint density at radius 2 is 2.43 bits per heavy atom. The molecule has 0 saturated carbocycles. The average Bonchev–Trinajstić information content (AvgIpc) is 2.62. The van der Waals surface area contributed by atoms with E-state index in [1.807, 2.05) is 0 Å². The summed E-state index contributed by atoms with van der Waals surface area (Å²) < 4.78 is 6.03. The van der Waals surface area contributed by atoms with Gasteiger partial charge in [-0.15, -0.1) is 0 Å². The average molecular weight is 212 g/mol. The van der Waals surface area contributed by atoms with Crippen LogP contribution < -0.4 is 0 Å². The van der Waals surface area contributed by atoms with E-state index >= 15 is 0 Å². The van der Waals surface area contributed by atoms with Crippen molar-refractivity contribution in [3.05, 3.63) is 29.3 Å². The minimum absolute atomic E-state index is 0.0994. The van der Waals surface area contributed by atoms with Crippen LogP contribution in [0.2, 0.25) is 5.15 Å². The van der Waals surface area contributed by atoms with E-state index in [9.17, 15) is 4.79 Å². The highest BCUT2D eigenvalue weighted by molar-refractivity contribution is 6.32. The number of carbonyl (C=O) groups excluding carboxylic acids is 1. The van der Waals surface area contributed by atoms with Crippen LogP contribution in [0.25, 0.3) is 5.52 Å². The maximum absolute atomic E-state index is 11.2. The van der Waals surface area contributed by atoms with Crippen LogP contribution in [0.5, 0.6) is 0 Å². The van der Waals surface area contributed by atoms with Gasteiger partial charge >= 0.3 is 5.97 Å². The van der Waals surface area contributed by atoms with E-state index in [0.29, 0.717) is 5.52 Å². The Bertz CT molecular complexity index is 494. The molecule has 0 N–H and O–H groups in total. The molecule has 0 aromatic carbocycles. The topological polar surface area (TPSA) is 56.5 Å². The van der Waals surface area contributed by atoms with Crippen LogP contribution in [0.4, 0.5) is 0 Å². The van der Waals surface area contributed by atoms with Gasteiger partial charge in [-0.05, 0) is 6.07 Å². The van der Waals surface area contributed by atoms with Gasteiger partial charge in [-0.2, -0.15) is 5.10 Å². The molecule has 6 heteroatoms. The highest BCUT2D eigenvalue weighted by atomic mass is 35.5. The van der Waals surface area contributed by atoms with Crippen LogP contribution in [-0.2, 0) is 4.74 Å². The summed E-state index contributed by atoms with van der Waals surface area (Å²) in [6.45, 7) is 0. The van der Waals surface area contributed by atoms with Crippen LogP contribution in [-0.4, -0.2) is 27.7 Å². The van der Waals surface area contributed by atoms with Crippen molar-refractivity contribution in [2.45, 2.75) is 0 Å². The number of hydrogen-bond donors (Lipinski definition) is 0. The second-order valence-electron chi connectivity index (χ2n) is 2.60. The molecule has 5 nitrogen and oxygen atoms in total. The number of hydrogen-bond acceptors (Lipinski definition) is 4. The molecule has 0 amide bonds. The Kier molecular flexibility index (Phi) is 2.09. The number of carbonyl (C=O) groups is 1. The third-order valence-corrected chi connectivity index (χ3v) is 2.04. The predicted molar refractivity (Wildman–Crippen MR) is 49.3 cm³/mol. The summed E-state index contributed by atoms with van der Waals surface area (Å²) in [6.07, 6.45) is 3.08. The summed E-state index contributed by atoms with van der Waals surface area (Å²) >= 11 is 5.77. The molecular weight excluding hydrogens is 206 g/mol. The van der Waals surface area contributed by atoms with E-state index in [1.54, 1.807) is 12.3 Å². The van der Waals surface area contributed by atoms with Crippen molar-refractivity contribution >= 4 is 23.1 Å². The van der Waals surface area contributed by atoms with Crippen LogP contribution in [0.15, 0.2) is 18.6 Å². The molecule has 0 spiro atoms. The second kappa shape index (κ2) is 3.26. The van der Waals surface area contributed by atoms with Gasteiger partial charge in [-0.1, -0.05) is 11.6 Å². The van der Waals surface area contributed by atoms with Gasteiger partial charge in [0.25, 0.3) is 0 Å². The van der Waals surface area contributed by atoms with E-state index in [1.165, 1.54) is 18.0 Å². The molecule has 0 aliphatic carbocycles. The summed E-state index contributed by atoms with van der Waals surface area (Å²) in [6, 6.07) is 1.58. The molecule has 2 heterocycles. The van der Waals surface area contributed by atoms with Crippen molar-refractivity contribution in [2.75, 3.05) is 7.11 Å². The van der Waals surface area contributed by atoms with E-state index in [2.05, 4.69) is 14.8 Å². The predicted octanol–water partition coefficient (Wildman–Crippen LogP) is 1.17. The van der Waals surface area contributed by atoms with Gasteiger partial charge in [-0.3, -0.25) is 0 Å². The minimum atomic E-state index is -0.508. The first-order valence-corrected chi connectivity index (χ1v) is 4.17. The fourth-order valence-electron chi connectivity index (χ4n) is 1.09. The molecule has 0 atom stereocenters. The Balaban J connectivity index is 2.64. The van der Waals surface area contributed by atoms with Crippen molar-refractivity contribution in [1.82, 2.24) is 14.6 Å². The second-order valence-corrected chi connectivity index (χ2v) is 2.96. The lowest BCUT2D eigenvalue weighted by molar-refractivity contribution is 0.0600. The van der Waals surface area contributed by atoms with Gasteiger partial charge in [0, 0.05) is 0 Å². The number of nitrogens with zero attached hydrogens (tertiary/aromatic N) is 3. The van der Waals surface area contributed by atoms with E-state index in [4.69, 9.17) is 11.6 Å². The molecule has 0 radical (unpaired) electrons. The third kappa shape index (κ3) is 1.31. The Labute approximate surface area is 84.3 Å². The normalized spacial score (nSPS) is 10.4. The Morgan fingerprint density at radius 3 is 3.14 bits per heavy atom. The van der Waals surface area contributed by atoms with Crippen molar-refractivity contribution in [3.8, 4) is 0 Å². The highest BCUT2D eigenvalue weighted by Crippen LogP contribution is 2.15. The molecule has 14 heavy (non-hydrogen) atoms. The number of aromatic nitrogens is 3. The van der Waals surface area contributed by atoms with Crippen molar-refractivity contribution in [1.29, 1.82) is 0 Å². The van der Waals surface area contributed by atoms with Crippen LogP contribution in [0.1, 0.15) is 10.4 Å². The summed E-state index contributed by atoms with van der Waals surface area (Å²) in [5.41, 5.74) is 0.928. The number of ether oxygens (including phenoxy) is 1. The van der Waals surface area contributed by atoms with Crippen molar-refractivity contribution in [2.24, 2.45) is 0 Å². The molecule has 0 aliphatic heterocycles. The Morgan fingerprint density at radius 1 is 1.64 bits per heavy atom. The Hall–Kier alpha value is -1.62. The number of imidazole rings is 1. The molecular formula is C8H6ClN3O2. The largest absolute Gasteiger partial charge is 0.465 e. The molecule has 0 fully saturated rings. The number of halogens is 1. The number of methoxy groups -OCH3 is 1. The first kappa shape index (κ1) is 8.96. The molecule has 0 aliphatic rings. The number of rotatable bonds is 1. The molecule has 2 aromatic heterocycles. The summed E-state index contributed by atoms with van der Waals surface area (Å²) in [5.74, 6) is -0.508. The fraction of sp³-hybridized carbons (Fsp3) is 0.125. The lowest BCUT2D eigenvalue weighted by Crippen LogP contribution is -2.05. The SMILES string of the molecule is COC(=O)c1cc2cncn2nc1Cl. The van der Waals surface area contributed by atoms with Crippen molar-refractivity contribution in [3.63, 3.8) is 0 Å². The van der Waals surface area contributed by atoms with Gasteiger partial charge in [0.1, 0.15) is 11.9 Å². The monoisotopic (exact) mass is 211 g/mol. The lowest BCUT2D eigenvalue weighted by Gasteiger charge is -2.01. The van der Waals surface area contributed by atoms with Crippen LogP contribution >= 0.6 is 11.6 Å². The van der Waals surface area contributed by atoms with Crippen LogP contribution in [0.3, 0.4) is 0 Å². The molecule has 2 aromatic rings. The zero-order valence-electron chi connectivity index (χ0n) is 7.27. The summed E-state index contributed by atoms with van der Waals surface area (Å²) in [5, 5.41) is 4.02. The highest BCUT2D eigenvalue weighted by Gasteiger charge is 2.13. The number of fused-ring (bicyclic) bond motifs is 1. The van der Waals surface area contributed by atoms with Gasteiger partial charge < -0.3 is 4.74 Å². The smallest absolute Gasteiger partial charge is 0.341 e. The first-order chi connectivity index (χ1) is 6.72. The zero-order valence-corrected chi connectivity index (χ0v) is 8.02. The fourth-order valence-corrected chi connectivity index (χ4v) is 1.31. The van der Waals surface area contributed by atoms with Gasteiger partial charge in [0.05, 0.1) is 18.8 Å². The van der Waals surface area contributed by atoms with E-state index in [0.717, 1.165) is 0 Å². The molecule has 0 unspecified atom stereocenters. The van der Waals surface area contributed by atoms with Gasteiger partial charge in [-0.25, -0.2) is 14.3 Å². The first-order valence-electron chi connectivity index (χ1n) is 3.79. The molecule has 72 valence electrons. The van der Waals surface area contributed by atoms with Crippen molar-refractivity contribution < 1.29 is 9.53 Å². The minimum Gasteiger partial charge on any atom is -0.465 e. The van der Waals surface area contributed by atoms with Gasteiger partial charge in [0.2, 0.25) is 0 Å². The van der Waals surface area contributed by atoms with E-state index < -0.39 is 5.97 Å². The third-order valence-electron chi connectivity index (χ3n) is 1.76.